The van der Waals surface area contributed by atoms with Crippen molar-refractivity contribution in [3.8, 4) is 0 Å². The average Bonchev–Trinajstić information content (AvgIpc) is 2.13. The van der Waals surface area contributed by atoms with Crippen molar-refractivity contribution in [2.24, 2.45) is 0 Å². The molecule has 0 atom stereocenters. The van der Waals surface area contributed by atoms with Crippen LogP contribution in [0.3, 0.4) is 0 Å². The smallest absolute Gasteiger partial charge is 0.331 e. The number of aliphatic hydroxyl groups excluding tert-OH is 1. The molecule has 1 aliphatic rings. The van der Waals surface area contributed by atoms with Crippen LogP contribution in [0.25, 0.3) is 0 Å². The molecule has 5 heteroatoms. The van der Waals surface area contributed by atoms with Crippen molar-refractivity contribution in [3.05, 3.63) is 22.8 Å². The van der Waals surface area contributed by atoms with Crippen LogP contribution in [-0.2, 0) is 4.79 Å². The van der Waals surface area contributed by atoms with Crippen LogP contribution in [0.15, 0.2) is 22.8 Å². The fourth-order valence-corrected chi connectivity index (χ4v) is 1.40. The van der Waals surface area contributed by atoms with Crippen molar-refractivity contribution in [1.29, 1.82) is 0 Å². The Morgan fingerprint density at radius 3 is 2.50 bits per heavy atom. The molecule has 3 nitrogen and oxygen atoms in total. The monoisotopic (exact) mass is 204 g/mol. The van der Waals surface area contributed by atoms with E-state index < -0.39 is 24.2 Å². The zero-order valence-electron chi connectivity index (χ0n) is 7.39. The van der Waals surface area contributed by atoms with Gasteiger partial charge in [0.2, 0.25) is 0 Å². The summed E-state index contributed by atoms with van der Waals surface area (Å²) in [6.45, 7) is -0.396. The summed E-state index contributed by atoms with van der Waals surface area (Å²) < 4.78 is 25.9. The Kier molecular flexibility index (Phi) is 3.35. The van der Waals surface area contributed by atoms with E-state index in [1.54, 1.807) is 0 Å². The molecular weight excluding hydrogens is 194 g/mol. The summed E-state index contributed by atoms with van der Waals surface area (Å²) in [6, 6.07) is 0. The van der Waals surface area contributed by atoms with Gasteiger partial charge in [-0.2, -0.15) is 0 Å². The van der Waals surface area contributed by atoms with Gasteiger partial charge in [0.15, 0.2) is 5.83 Å². The lowest BCUT2D eigenvalue weighted by atomic mass is 9.94. The van der Waals surface area contributed by atoms with Crippen molar-refractivity contribution in [3.63, 3.8) is 0 Å². The molecule has 0 fully saturated rings. The van der Waals surface area contributed by atoms with Crippen LogP contribution < -0.4 is 0 Å². The Morgan fingerprint density at radius 2 is 2.00 bits per heavy atom. The van der Waals surface area contributed by atoms with E-state index in [-0.39, 0.29) is 30.4 Å². The molecule has 1 rings (SSSR count). The Labute approximate surface area is 79.4 Å². The summed E-state index contributed by atoms with van der Waals surface area (Å²) in [4.78, 5) is 10.6. The Bertz CT molecular complexity index is 318. The van der Waals surface area contributed by atoms with E-state index in [1.807, 2.05) is 0 Å². The van der Waals surface area contributed by atoms with Gasteiger partial charge in [-0.25, -0.2) is 13.6 Å². The number of carbonyl (C=O) groups is 1. The molecule has 0 spiro atoms. The first-order valence-corrected chi connectivity index (χ1v) is 4.18. The van der Waals surface area contributed by atoms with Gasteiger partial charge < -0.3 is 10.2 Å². The zero-order valence-corrected chi connectivity index (χ0v) is 7.39. The van der Waals surface area contributed by atoms with E-state index in [0.717, 1.165) is 0 Å². The number of halogens is 2. The van der Waals surface area contributed by atoms with Gasteiger partial charge in [-0.05, 0) is 12.8 Å². The summed E-state index contributed by atoms with van der Waals surface area (Å²) in [5.74, 6) is -3.31. The molecule has 78 valence electrons. The number of aliphatic carboxylic acids is 1. The largest absolute Gasteiger partial charge is 0.478 e. The van der Waals surface area contributed by atoms with Gasteiger partial charge in [0.05, 0.1) is 0 Å². The Morgan fingerprint density at radius 1 is 1.36 bits per heavy atom. The first kappa shape index (κ1) is 10.8. The third-order valence-corrected chi connectivity index (χ3v) is 2.08. The maximum absolute atomic E-state index is 13.1. The van der Waals surface area contributed by atoms with Crippen molar-refractivity contribution in [1.82, 2.24) is 0 Å². The van der Waals surface area contributed by atoms with Crippen molar-refractivity contribution in [2.45, 2.75) is 19.3 Å². The molecule has 0 saturated carbocycles. The average molecular weight is 204 g/mol. The topological polar surface area (TPSA) is 57.5 Å². The number of carboxylic acids is 1. The molecule has 2 N–H and O–H groups in total. The van der Waals surface area contributed by atoms with Crippen LogP contribution in [0.2, 0.25) is 0 Å². The predicted octanol–water partition coefficient (Wildman–Crippen LogP) is 1.69. The van der Waals surface area contributed by atoms with E-state index >= 15 is 0 Å². The molecule has 0 saturated heterocycles. The van der Waals surface area contributed by atoms with Crippen LogP contribution in [0.1, 0.15) is 19.3 Å². The third-order valence-electron chi connectivity index (χ3n) is 2.08. The summed E-state index contributed by atoms with van der Waals surface area (Å²) in [5.41, 5.74) is -0.360. The second-order valence-electron chi connectivity index (χ2n) is 2.95. The highest BCUT2D eigenvalue weighted by Gasteiger charge is 2.25. The Hall–Kier alpha value is -1.23. The molecular formula is C9H10F2O3. The minimum atomic E-state index is -1.25. The lowest BCUT2D eigenvalue weighted by Gasteiger charge is -2.15. The molecule has 1 aliphatic carbocycles. The van der Waals surface area contributed by atoms with Gasteiger partial charge in [-0.3, -0.25) is 0 Å². The standard InChI is InChI=1S/C9H10F2O3/c10-7-2-1-6(9(13)14)5(3-4-12)8(7)11/h12H,1-4H2,(H,13,14). The maximum atomic E-state index is 13.1. The summed E-state index contributed by atoms with van der Waals surface area (Å²) in [5, 5.41) is 17.3. The molecule has 0 amide bonds. The highest BCUT2D eigenvalue weighted by atomic mass is 19.2. The maximum Gasteiger partial charge on any atom is 0.331 e. The Balaban J connectivity index is 3.11. The number of carboxylic acid groups (broad SMARTS) is 1. The number of hydrogen-bond acceptors (Lipinski definition) is 2. The fraction of sp³-hybridized carbons (Fsp3) is 0.444. The van der Waals surface area contributed by atoms with Gasteiger partial charge in [-0.1, -0.05) is 0 Å². The van der Waals surface area contributed by atoms with E-state index in [4.69, 9.17) is 10.2 Å². The first-order chi connectivity index (χ1) is 6.57. The van der Waals surface area contributed by atoms with Gasteiger partial charge in [-0.15, -0.1) is 0 Å². The van der Waals surface area contributed by atoms with Crippen LogP contribution in [-0.4, -0.2) is 22.8 Å². The number of rotatable bonds is 3. The van der Waals surface area contributed by atoms with Crippen molar-refractivity contribution in [2.75, 3.05) is 6.61 Å². The SMILES string of the molecule is O=C(O)C1=C(CCO)C(F)=C(F)CC1. The summed E-state index contributed by atoms with van der Waals surface area (Å²) in [7, 11) is 0. The fourth-order valence-electron chi connectivity index (χ4n) is 1.40. The number of allylic oxidation sites excluding steroid dienone is 2. The molecule has 0 radical (unpaired) electrons. The predicted molar refractivity (Wildman–Crippen MR) is 44.8 cm³/mol. The molecule has 0 unspecified atom stereocenters. The van der Waals surface area contributed by atoms with Crippen LogP contribution in [0, 0.1) is 0 Å². The van der Waals surface area contributed by atoms with Crippen LogP contribution >= 0.6 is 0 Å². The molecule has 0 aromatic rings. The van der Waals surface area contributed by atoms with E-state index in [0.29, 0.717) is 0 Å². The molecule has 0 aromatic carbocycles. The van der Waals surface area contributed by atoms with Crippen molar-refractivity contribution >= 4 is 5.97 Å². The van der Waals surface area contributed by atoms with Gasteiger partial charge in [0, 0.05) is 24.2 Å². The molecule has 0 bridgehead atoms. The molecule has 0 aliphatic heterocycles. The molecule has 14 heavy (non-hydrogen) atoms. The van der Waals surface area contributed by atoms with Gasteiger partial charge >= 0.3 is 5.97 Å². The van der Waals surface area contributed by atoms with E-state index in [9.17, 15) is 13.6 Å². The highest BCUT2D eigenvalue weighted by molar-refractivity contribution is 5.88. The number of aliphatic hydroxyl groups is 1. The summed E-state index contributed by atoms with van der Waals surface area (Å²) >= 11 is 0. The number of hydrogen-bond donors (Lipinski definition) is 2. The molecule has 0 heterocycles. The quantitative estimate of drug-likeness (QED) is 0.735. The highest BCUT2D eigenvalue weighted by Crippen LogP contribution is 2.33. The van der Waals surface area contributed by atoms with E-state index in [2.05, 4.69) is 0 Å². The normalized spacial score (nSPS) is 17.6. The summed E-state index contributed by atoms with van der Waals surface area (Å²) in [6.07, 6.45) is -0.410. The second kappa shape index (κ2) is 4.32. The van der Waals surface area contributed by atoms with E-state index in [1.165, 1.54) is 0 Å². The van der Waals surface area contributed by atoms with Crippen molar-refractivity contribution < 1.29 is 23.8 Å². The third kappa shape index (κ3) is 1.98. The zero-order chi connectivity index (χ0) is 10.7. The minimum absolute atomic E-state index is 0.0239. The lowest BCUT2D eigenvalue weighted by molar-refractivity contribution is -0.132. The van der Waals surface area contributed by atoms with Gasteiger partial charge in [0.1, 0.15) is 5.83 Å². The first-order valence-electron chi connectivity index (χ1n) is 4.18. The molecule has 0 aromatic heterocycles. The minimum Gasteiger partial charge on any atom is -0.478 e. The van der Waals surface area contributed by atoms with Crippen LogP contribution in [0.4, 0.5) is 8.78 Å². The lowest BCUT2D eigenvalue weighted by Crippen LogP contribution is -2.11. The van der Waals surface area contributed by atoms with Gasteiger partial charge in [0.25, 0.3) is 0 Å². The van der Waals surface area contributed by atoms with Crippen LogP contribution in [0.5, 0.6) is 0 Å². The second-order valence-corrected chi connectivity index (χ2v) is 2.95.